The van der Waals surface area contributed by atoms with Crippen molar-refractivity contribution in [3.05, 3.63) is 6.57 Å². The zero-order valence-corrected chi connectivity index (χ0v) is 8.16. The van der Waals surface area contributed by atoms with Crippen molar-refractivity contribution in [3.63, 3.8) is 0 Å². The molecule has 0 aromatic carbocycles. The van der Waals surface area contributed by atoms with E-state index in [0.717, 1.165) is 0 Å². The van der Waals surface area contributed by atoms with Crippen molar-refractivity contribution in [1.29, 1.82) is 5.26 Å². The molecule has 0 amide bonds. The van der Waals surface area contributed by atoms with Gasteiger partial charge in [0.1, 0.15) is 0 Å². The van der Waals surface area contributed by atoms with Crippen LogP contribution in [0.2, 0.25) is 0 Å². The molecule has 0 rings (SSSR count). The zero-order valence-electron chi connectivity index (χ0n) is 4.14. The van der Waals surface area contributed by atoms with Gasteiger partial charge in [0, 0.05) is 0 Å². The van der Waals surface area contributed by atoms with E-state index in [1.54, 1.807) is 0 Å². The van der Waals surface area contributed by atoms with Gasteiger partial charge in [0.15, 0.2) is 0 Å². The predicted octanol–water partition coefficient (Wildman–Crippen LogP) is -3.83. The topological polar surface area (TPSA) is 102 Å². The third kappa shape index (κ3) is 184. The normalized spacial score (nSPS) is 7.62. The van der Waals surface area contributed by atoms with E-state index in [0.29, 0.717) is 0 Å². The first-order valence-corrected chi connectivity index (χ1v) is 2.57. The fourth-order valence-corrected chi connectivity index (χ4v) is 0. The summed E-state index contributed by atoms with van der Waals surface area (Å²) in [6.07, 6.45) is 0. The molecule has 3 N–H and O–H groups in total. The molecule has 0 atom stereocenters. The van der Waals surface area contributed by atoms with Gasteiger partial charge in [0.05, 0.1) is 0 Å². The Morgan fingerprint density at radius 2 is 1.25 bits per heavy atom. The van der Waals surface area contributed by atoms with Gasteiger partial charge in [-0.25, -0.2) is 4.57 Å². The van der Waals surface area contributed by atoms with Crippen molar-refractivity contribution >= 4 is 7.82 Å². The van der Waals surface area contributed by atoms with Crippen molar-refractivity contribution in [1.82, 2.24) is 0 Å². The Balaban J connectivity index is -0.0000000750. The van der Waals surface area contributed by atoms with Gasteiger partial charge < -0.3 is 26.5 Å². The van der Waals surface area contributed by atoms with E-state index in [2.05, 4.69) is 0 Å². The smallest absolute Gasteiger partial charge is 0.512 e. The first-order valence-electron chi connectivity index (χ1n) is 1.01. The van der Waals surface area contributed by atoms with Gasteiger partial charge in [-0.3, -0.25) is 0 Å². The van der Waals surface area contributed by atoms with Crippen LogP contribution >= 0.6 is 7.82 Å². The second-order valence-electron chi connectivity index (χ2n) is 0.513. The molecule has 0 saturated heterocycles. The zero-order chi connectivity index (χ0) is 6.50. The van der Waals surface area contributed by atoms with E-state index in [-0.39, 0.29) is 51.4 Å². The molecule has 0 saturated carbocycles. The molecule has 42 valence electrons. The molecule has 7 heteroatoms. The molecule has 0 bridgehead atoms. The van der Waals surface area contributed by atoms with Crippen molar-refractivity contribution in [2.75, 3.05) is 0 Å². The molecule has 0 aliphatic carbocycles. The van der Waals surface area contributed by atoms with E-state index >= 15 is 0 Å². The minimum atomic E-state index is -4.64. The summed E-state index contributed by atoms with van der Waals surface area (Å²) in [6.45, 7) is 4.75. The predicted molar refractivity (Wildman–Crippen MR) is 19.2 cm³/mol. The third-order valence-corrected chi connectivity index (χ3v) is 0. The number of hydrogen-bond acceptors (Lipinski definition) is 2. The summed E-state index contributed by atoms with van der Waals surface area (Å²) < 4.78 is 8.88. The van der Waals surface area contributed by atoms with Gasteiger partial charge >= 0.3 is 59.2 Å². The molecular formula is CH3KNO4P. The Kier molecular flexibility index (Phi) is 16.6. The standard InChI is InChI=1S/CN.K.H3O4P/c1-2;;1-5(2,3)4/h;;(H3,1,2,3,4)/q-1;+1;. The maximum atomic E-state index is 8.88. The number of hydrogen-bond donors (Lipinski definition) is 3. The first kappa shape index (κ1) is 16.1. The fourth-order valence-electron chi connectivity index (χ4n) is 0. The quantitative estimate of drug-likeness (QED) is 0.193. The number of phosphoric acid groups is 1. The summed E-state index contributed by atoms with van der Waals surface area (Å²) in [4.78, 5) is 21.6. The third-order valence-electron chi connectivity index (χ3n) is 0. The van der Waals surface area contributed by atoms with Crippen molar-refractivity contribution in [2.45, 2.75) is 0 Å². The Morgan fingerprint density at radius 1 is 1.25 bits per heavy atom. The average molecular weight is 163 g/mol. The molecule has 0 spiro atoms. The monoisotopic (exact) mass is 163 g/mol. The van der Waals surface area contributed by atoms with Crippen molar-refractivity contribution in [2.24, 2.45) is 0 Å². The maximum absolute atomic E-state index is 8.88. The number of rotatable bonds is 0. The molecule has 5 nitrogen and oxygen atoms in total. The van der Waals surface area contributed by atoms with Crippen LogP contribution in [0.3, 0.4) is 0 Å². The van der Waals surface area contributed by atoms with E-state index in [4.69, 9.17) is 31.1 Å². The van der Waals surface area contributed by atoms with E-state index in [1.165, 1.54) is 0 Å². The summed E-state index contributed by atoms with van der Waals surface area (Å²) in [6, 6.07) is 0. The minimum absolute atomic E-state index is 0. The molecule has 0 aromatic rings. The van der Waals surface area contributed by atoms with Gasteiger partial charge in [-0.05, 0) is 0 Å². The van der Waals surface area contributed by atoms with Crippen molar-refractivity contribution < 1.29 is 70.6 Å². The second kappa shape index (κ2) is 8.24. The second-order valence-corrected chi connectivity index (χ2v) is 1.54. The molecular weight excluding hydrogens is 160 g/mol. The largest absolute Gasteiger partial charge is 1.00 e. The van der Waals surface area contributed by atoms with Crippen LogP contribution in [0.15, 0.2) is 0 Å². The minimum Gasteiger partial charge on any atom is -0.512 e. The Hall–Kier alpha value is 1.24. The van der Waals surface area contributed by atoms with E-state index in [9.17, 15) is 0 Å². The van der Waals surface area contributed by atoms with Gasteiger partial charge in [-0.15, -0.1) is 0 Å². The van der Waals surface area contributed by atoms with Crippen LogP contribution in [0.5, 0.6) is 0 Å². The van der Waals surface area contributed by atoms with Gasteiger partial charge in [0.2, 0.25) is 0 Å². The number of nitrogens with zero attached hydrogens (tertiary/aromatic N) is 1. The van der Waals surface area contributed by atoms with Crippen LogP contribution in [0.1, 0.15) is 0 Å². The summed E-state index contributed by atoms with van der Waals surface area (Å²) in [5.74, 6) is 0. The van der Waals surface area contributed by atoms with Crippen LogP contribution in [0, 0.1) is 11.8 Å². The van der Waals surface area contributed by atoms with Crippen LogP contribution in [-0.2, 0) is 4.57 Å². The van der Waals surface area contributed by atoms with E-state index < -0.39 is 7.82 Å². The molecule has 0 aliphatic rings. The van der Waals surface area contributed by atoms with Crippen LogP contribution in [-0.4, -0.2) is 14.7 Å². The van der Waals surface area contributed by atoms with Crippen LogP contribution in [0.4, 0.5) is 0 Å². The van der Waals surface area contributed by atoms with Gasteiger partial charge in [-0.1, -0.05) is 0 Å². The first-order chi connectivity index (χ1) is 3.00. The molecule has 0 aliphatic heterocycles. The fraction of sp³-hybridized carbons (Fsp3) is 0. The average Bonchev–Trinajstić information content (AvgIpc) is 1.36. The molecule has 0 fully saturated rings. The summed E-state index contributed by atoms with van der Waals surface area (Å²) in [7, 11) is -4.64. The summed E-state index contributed by atoms with van der Waals surface area (Å²) in [5.41, 5.74) is 0. The Morgan fingerprint density at radius 3 is 1.25 bits per heavy atom. The Bertz CT molecular complexity index is 87.2. The molecule has 0 radical (unpaired) electrons. The molecule has 8 heavy (non-hydrogen) atoms. The molecule has 0 unspecified atom stereocenters. The van der Waals surface area contributed by atoms with Crippen LogP contribution in [0.25, 0.3) is 0 Å². The van der Waals surface area contributed by atoms with E-state index in [1.807, 2.05) is 0 Å². The summed E-state index contributed by atoms with van der Waals surface area (Å²) in [5, 5.41) is 6.25. The maximum Gasteiger partial charge on any atom is 1.00 e. The Labute approximate surface area is 89.0 Å². The molecule has 0 heterocycles. The SMILES string of the molecule is O=P(O)(O)O.[C-]#N.[K+]. The van der Waals surface area contributed by atoms with Crippen LogP contribution < -0.4 is 51.4 Å². The van der Waals surface area contributed by atoms with Gasteiger partial charge in [0.25, 0.3) is 0 Å². The van der Waals surface area contributed by atoms with Gasteiger partial charge in [-0.2, -0.15) is 0 Å². The van der Waals surface area contributed by atoms with Crippen molar-refractivity contribution in [3.8, 4) is 0 Å². The summed E-state index contributed by atoms with van der Waals surface area (Å²) >= 11 is 0. The molecule has 0 aromatic heterocycles.